The fourth-order valence-electron chi connectivity index (χ4n) is 3.31. The molecule has 3 amide bonds. The number of carbonyl (C=O) groups excluding carboxylic acids is 2. The van der Waals surface area contributed by atoms with Gasteiger partial charge in [-0.3, -0.25) is 4.79 Å². The molecule has 2 rings (SSSR count). The second kappa shape index (κ2) is 8.66. The molecule has 0 aliphatic carbocycles. The maximum atomic E-state index is 13.3. The molecule has 1 aromatic carbocycles. The summed E-state index contributed by atoms with van der Waals surface area (Å²) in [6, 6.07) is 5.96. The monoisotopic (exact) mass is 335 g/mol. The van der Waals surface area contributed by atoms with Crippen molar-refractivity contribution in [1.82, 2.24) is 10.2 Å². The number of nitrogens with two attached hydrogens (primary N) is 1. The van der Waals surface area contributed by atoms with Gasteiger partial charge in [-0.2, -0.15) is 0 Å². The summed E-state index contributed by atoms with van der Waals surface area (Å²) in [5.74, 6) is -0.0273. The van der Waals surface area contributed by atoms with Gasteiger partial charge >= 0.3 is 6.03 Å². The van der Waals surface area contributed by atoms with Crippen LogP contribution in [0.3, 0.4) is 0 Å². The van der Waals surface area contributed by atoms with E-state index in [4.69, 9.17) is 5.73 Å². The summed E-state index contributed by atoms with van der Waals surface area (Å²) in [6.45, 7) is 3.12. The van der Waals surface area contributed by atoms with Crippen LogP contribution in [0.4, 0.5) is 9.18 Å². The number of halogens is 1. The number of piperidine rings is 1. The van der Waals surface area contributed by atoms with Crippen LogP contribution in [0.25, 0.3) is 0 Å². The minimum Gasteiger partial charge on any atom is -0.352 e. The van der Waals surface area contributed by atoms with E-state index in [0.29, 0.717) is 19.4 Å². The van der Waals surface area contributed by atoms with Crippen LogP contribution in [0, 0.1) is 11.7 Å². The maximum Gasteiger partial charge on any atom is 0.312 e. The second-order valence-corrected chi connectivity index (χ2v) is 6.63. The summed E-state index contributed by atoms with van der Waals surface area (Å²) in [6.07, 6.45) is 4.00. The Bertz CT molecular complexity index is 579. The molecule has 0 radical (unpaired) electrons. The second-order valence-electron chi connectivity index (χ2n) is 6.63. The van der Waals surface area contributed by atoms with Crippen LogP contribution in [-0.4, -0.2) is 36.0 Å². The summed E-state index contributed by atoms with van der Waals surface area (Å²) in [7, 11) is 0. The number of carbonyl (C=O) groups is 2. The Morgan fingerprint density at radius 1 is 1.42 bits per heavy atom. The third-order valence-electron chi connectivity index (χ3n) is 4.46. The van der Waals surface area contributed by atoms with Crippen LogP contribution in [0.15, 0.2) is 24.3 Å². The van der Waals surface area contributed by atoms with Gasteiger partial charge in [-0.15, -0.1) is 0 Å². The average molecular weight is 335 g/mol. The van der Waals surface area contributed by atoms with Gasteiger partial charge in [0.05, 0.1) is 0 Å². The molecule has 1 heterocycles. The van der Waals surface area contributed by atoms with Crippen molar-refractivity contribution >= 4 is 11.9 Å². The largest absolute Gasteiger partial charge is 0.352 e. The number of primary amides is 1. The predicted octanol–water partition coefficient (Wildman–Crippen LogP) is 2.44. The van der Waals surface area contributed by atoms with Gasteiger partial charge in [0.15, 0.2) is 0 Å². The minimum absolute atomic E-state index is 0.0140. The summed E-state index contributed by atoms with van der Waals surface area (Å²) >= 11 is 0. The highest BCUT2D eigenvalue weighted by molar-refractivity contribution is 5.77. The molecule has 132 valence electrons. The molecule has 1 aliphatic rings. The van der Waals surface area contributed by atoms with E-state index in [2.05, 4.69) is 5.32 Å². The molecule has 1 saturated heterocycles. The lowest BCUT2D eigenvalue weighted by Gasteiger charge is -2.36. The van der Waals surface area contributed by atoms with E-state index in [1.165, 1.54) is 12.1 Å². The molecule has 0 bridgehead atoms. The number of urea groups is 1. The molecule has 5 nitrogen and oxygen atoms in total. The summed E-state index contributed by atoms with van der Waals surface area (Å²) in [5.41, 5.74) is 6.03. The van der Waals surface area contributed by atoms with Crippen molar-refractivity contribution in [3.05, 3.63) is 35.6 Å². The Morgan fingerprint density at radius 2 is 2.21 bits per heavy atom. The van der Waals surface area contributed by atoms with Gasteiger partial charge in [-0.25, -0.2) is 9.18 Å². The molecule has 6 heteroatoms. The first-order chi connectivity index (χ1) is 11.5. The number of benzene rings is 1. The smallest absolute Gasteiger partial charge is 0.312 e. The number of hydrogen-bond donors (Lipinski definition) is 2. The van der Waals surface area contributed by atoms with Crippen LogP contribution in [0.2, 0.25) is 0 Å². The number of hydrogen-bond acceptors (Lipinski definition) is 2. The van der Waals surface area contributed by atoms with Gasteiger partial charge in [0, 0.05) is 25.6 Å². The Morgan fingerprint density at radius 3 is 2.92 bits per heavy atom. The fourth-order valence-corrected chi connectivity index (χ4v) is 3.31. The van der Waals surface area contributed by atoms with Gasteiger partial charge in [0.25, 0.3) is 0 Å². The van der Waals surface area contributed by atoms with E-state index < -0.39 is 6.03 Å². The number of amides is 3. The van der Waals surface area contributed by atoms with Crippen molar-refractivity contribution in [2.75, 3.05) is 13.1 Å². The van der Waals surface area contributed by atoms with Crippen LogP contribution in [-0.2, 0) is 11.2 Å². The van der Waals surface area contributed by atoms with E-state index in [-0.39, 0.29) is 23.7 Å². The normalized spacial score (nSPS) is 18.9. The molecular weight excluding hydrogens is 309 g/mol. The molecule has 2 atom stereocenters. The van der Waals surface area contributed by atoms with E-state index in [9.17, 15) is 14.0 Å². The molecule has 0 spiro atoms. The van der Waals surface area contributed by atoms with Crippen molar-refractivity contribution in [1.29, 1.82) is 0 Å². The molecule has 0 aromatic heterocycles. The number of likely N-dealkylation sites (tertiary alicyclic amines) is 1. The Labute approximate surface area is 142 Å². The first-order valence-corrected chi connectivity index (χ1v) is 8.53. The molecule has 24 heavy (non-hydrogen) atoms. The van der Waals surface area contributed by atoms with Crippen LogP contribution < -0.4 is 11.1 Å². The zero-order valence-electron chi connectivity index (χ0n) is 14.1. The molecule has 1 fully saturated rings. The highest BCUT2D eigenvalue weighted by atomic mass is 19.1. The van der Waals surface area contributed by atoms with Crippen molar-refractivity contribution < 1.29 is 14.0 Å². The van der Waals surface area contributed by atoms with Gasteiger partial charge in [0.1, 0.15) is 5.82 Å². The van der Waals surface area contributed by atoms with E-state index in [0.717, 1.165) is 31.4 Å². The Hall–Kier alpha value is -2.11. The zero-order valence-corrected chi connectivity index (χ0v) is 14.1. The molecule has 1 aromatic rings. The molecule has 1 aliphatic heterocycles. The van der Waals surface area contributed by atoms with Crippen molar-refractivity contribution in [3.8, 4) is 0 Å². The lowest BCUT2D eigenvalue weighted by atomic mass is 9.95. The maximum absolute atomic E-state index is 13.3. The van der Waals surface area contributed by atoms with Crippen LogP contribution in [0.5, 0.6) is 0 Å². The van der Waals surface area contributed by atoms with Gasteiger partial charge in [-0.1, -0.05) is 19.1 Å². The Balaban J connectivity index is 1.89. The number of nitrogens with zero attached hydrogens (tertiary/aromatic N) is 1. The van der Waals surface area contributed by atoms with Crippen LogP contribution in [0.1, 0.15) is 38.2 Å². The minimum atomic E-state index is -0.563. The quantitative estimate of drug-likeness (QED) is 0.838. The molecule has 0 unspecified atom stereocenters. The highest BCUT2D eigenvalue weighted by Crippen LogP contribution is 2.20. The third-order valence-corrected chi connectivity index (χ3v) is 4.46. The van der Waals surface area contributed by atoms with Crippen LogP contribution >= 0.6 is 0 Å². The van der Waals surface area contributed by atoms with Gasteiger partial charge in [0.2, 0.25) is 5.91 Å². The summed E-state index contributed by atoms with van der Waals surface area (Å²) in [4.78, 5) is 25.4. The third kappa shape index (κ3) is 5.51. The highest BCUT2D eigenvalue weighted by Gasteiger charge is 2.27. The number of nitrogens with one attached hydrogen (secondary N) is 1. The average Bonchev–Trinajstić information content (AvgIpc) is 2.53. The van der Waals surface area contributed by atoms with Gasteiger partial charge in [-0.05, 0) is 49.3 Å². The summed E-state index contributed by atoms with van der Waals surface area (Å²) in [5, 5.41) is 2.60. The molecule has 0 saturated carbocycles. The first kappa shape index (κ1) is 18.2. The lowest BCUT2D eigenvalue weighted by molar-refractivity contribution is -0.135. The van der Waals surface area contributed by atoms with Crippen molar-refractivity contribution in [3.63, 3.8) is 0 Å². The zero-order chi connectivity index (χ0) is 17.5. The fraction of sp³-hybridized carbons (Fsp3) is 0.556. The number of rotatable bonds is 6. The topological polar surface area (TPSA) is 75.4 Å². The first-order valence-electron chi connectivity index (χ1n) is 8.53. The van der Waals surface area contributed by atoms with Gasteiger partial charge < -0.3 is 16.0 Å². The lowest BCUT2D eigenvalue weighted by Crippen LogP contribution is -2.50. The van der Waals surface area contributed by atoms with E-state index >= 15 is 0 Å². The van der Waals surface area contributed by atoms with E-state index in [1.807, 2.05) is 17.9 Å². The van der Waals surface area contributed by atoms with Crippen molar-refractivity contribution in [2.24, 2.45) is 11.7 Å². The predicted molar refractivity (Wildman–Crippen MR) is 90.8 cm³/mol. The Kier molecular flexibility index (Phi) is 6.58. The van der Waals surface area contributed by atoms with E-state index in [1.54, 1.807) is 6.07 Å². The van der Waals surface area contributed by atoms with Crippen molar-refractivity contribution in [2.45, 2.75) is 45.1 Å². The molecule has 3 N–H and O–H groups in total. The molecular formula is C18H26FN3O2. The summed E-state index contributed by atoms with van der Waals surface area (Å²) < 4.78 is 13.3. The SMILES string of the molecule is C[C@@H](CC(=O)N1CCCC[C@H]1CNC(N)=O)Cc1cccc(F)c1. The standard InChI is InChI=1S/C18H26FN3O2/c1-13(9-14-5-4-6-15(19)11-14)10-17(23)22-8-3-2-7-16(22)12-21-18(20)24/h4-6,11,13,16H,2-3,7-10,12H2,1H3,(H3,20,21,24)/t13-,16+/m1/s1.